The zero-order valence-electron chi connectivity index (χ0n) is 20.3. The van der Waals surface area contributed by atoms with Crippen molar-refractivity contribution in [3.8, 4) is 17.1 Å². The number of rotatable bonds is 8. The average molecular weight is 478 g/mol. The fourth-order valence-electron chi connectivity index (χ4n) is 3.79. The number of aromatic nitrogens is 4. The third-order valence-corrected chi connectivity index (χ3v) is 6.02. The van der Waals surface area contributed by atoms with Gasteiger partial charge in [-0.2, -0.15) is 5.10 Å². The van der Waals surface area contributed by atoms with Gasteiger partial charge in [0, 0.05) is 43.9 Å². The van der Waals surface area contributed by atoms with Crippen LogP contribution in [0.15, 0.2) is 53.6 Å². The Hall–Kier alpha value is -3.79. The quantitative estimate of drug-likeness (QED) is 0.487. The Labute approximate surface area is 204 Å². The van der Waals surface area contributed by atoms with E-state index < -0.39 is 6.04 Å². The van der Waals surface area contributed by atoms with Gasteiger partial charge < -0.3 is 19.9 Å². The largest absolute Gasteiger partial charge is 0.476 e. The number of anilines is 1. The minimum Gasteiger partial charge on any atom is -0.476 e. The van der Waals surface area contributed by atoms with Crippen LogP contribution in [0.5, 0.6) is 5.88 Å². The molecule has 0 aliphatic carbocycles. The molecule has 0 bridgehead atoms. The fourth-order valence-corrected chi connectivity index (χ4v) is 3.79. The van der Waals surface area contributed by atoms with Crippen molar-refractivity contribution in [1.29, 1.82) is 0 Å². The molecule has 1 fully saturated rings. The highest BCUT2D eigenvalue weighted by molar-refractivity contribution is 5.79. The normalized spacial score (nSPS) is 15.0. The lowest BCUT2D eigenvalue weighted by Crippen LogP contribution is -2.44. The third-order valence-electron chi connectivity index (χ3n) is 6.02. The number of carbonyl (C=O) groups excluding carboxylic acids is 1. The van der Waals surface area contributed by atoms with Crippen molar-refractivity contribution in [2.75, 3.05) is 51.3 Å². The molecule has 1 aromatic carbocycles. The Bertz CT molecular complexity index is 1200. The molecule has 0 radical (unpaired) electrons. The molecule has 1 atom stereocenters. The molecule has 3 aromatic rings. The summed E-state index contributed by atoms with van der Waals surface area (Å²) in [5.41, 5.74) is 2.31. The lowest BCUT2D eigenvalue weighted by Gasteiger charge is -2.33. The van der Waals surface area contributed by atoms with Crippen LogP contribution in [0.1, 0.15) is 18.5 Å². The van der Waals surface area contributed by atoms with E-state index in [9.17, 15) is 9.59 Å². The molecule has 1 unspecified atom stereocenters. The van der Waals surface area contributed by atoms with Crippen LogP contribution < -0.4 is 20.5 Å². The minimum atomic E-state index is -0.768. The van der Waals surface area contributed by atoms with Crippen molar-refractivity contribution in [3.05, 3.63) is 64.7 Å². The lowest BCUT2D eigenvalue weighted by atomic mass is 10.1. The number of benzene rings is 1. The van der Waals surface area contributed by atoms with Crippen LogP contribution in [0.25, 0.3) is 11.3 Å². The lowest BCUT2D eigenvalue weighted by molar-refractivity contribution is -0.124. The molecule has 2 aromatic heterocycles. The van der Waals surface area contributed by atoms with Gasteiger partial charge in [-0.3, -0.25) is 9.59 Å². The van der Waals surface area contributed by atoms with Gasteiger partial charge in [0.2, 0.25) is 11.8 Å². The first-order valence-corrected chi connectivity index (χ1v) is 11.7. The van der Waals surface area contributed by atoms with Crippen LogP contribution >= 0.6 is 0 Å². The molecular formula is C25H31N7O3. The molecule has 1 N–H and O–H groups in total. The highest BCUT2D eigenvalue weighted by atomic mass is 16.5. The molecule has 35 heavy (non-hydrogen) atoms. The van der Waals surface area contributed by atoms with E-state index in [1.54, 1.807) is 13.0 Å². The summed E-state index contributed by atoms with van der Waals surface area (Å²) in [6.07, 6.45) is 1.49. The Kier molecular flexibility index (Phi) is 7.71. The molecule has 1 amide bonds. The second kappa shape index (κ2) is 11.1. The van der Waals surface area contributed by atoms with Gasteiger partial charge in [-0.25, -0.2) is 14.6 Å². The smallest absolute Gasteiger partial charge is 0.267 e. The van der Waals surface area contributed by atoms with Gasteiger partial charge in [0.15, 0.2) is 0 Å². The Morgan fingerprint density at radius 2 is 1.83 bits per heavy atom. The Morgan fingerprint density at radius 1 is 1.09 bits per heavy atom. The molecule has 184 valence electrons. The van der Waals surface area contributed by atoms with Crippen LogP contribution in [-0.4, -0.2) is 76.9 Å². The van der Waals surface area contributed by atoms with Crippen LogP contribution in [0, 0.1) is 6.92 Å². The van der Waals surface area contributed by atoms with Crippen LogP contribution in [0.2, 0.25) is 0 Å². The Morgan fingerprint density at radius 3 is 2.57 bits per heavy atom. The van der Waals surface area contributed by atoms with E-state index >= 15 is 0 Å². The van der Waals surface area contributed by atoms with E-state index in [0.29, 0.717) is 11.6 Å². The third kappa shape index (κ3) is 6.21. The second-order valence-electron chi connectivity index (χ2n) is 8.69. The first-order chi connectivity index (χ1) is 16.9. The summed E-state index contributed by atoms with van der Waals surface area (Å²) in [6.45, 7) is 7.93. The zero-order chi connectivity index (χ0) is 24.8. The van der Waals surface area contributed by atoms with Crippen molar-refractivity contribution < 1.29 is 9.53 Å². The number of piperazine rings is 1. The molecule has 1 aliphatic heterocycles. The summed E-state index contributed by atoms with van der Waals surface area (Å²) in [5, 5.41) is 7.22. The first-order valence-electron chi connectivity index (χ1n) is 11.7. The summed E-state index contributed by atoms with van der Waals surface area (Å²) in [7, 11) is 2.11. The van der Waals surface area contributed by atoms with E-state index in [4.69, 9.17) is 4.74 Å². The standard InChI is InChI=1S/C25H31N7O3/c1-18-4-6-20(7-5-18)21-8-9-24(33)32(29-21)19(2)25(34)26-10-15-35-23-16-22(27-17-28-23)31-13-11-30(3)12-14-31/h4-9,16-17,19H,10-15H2,1-3H3,(H,26,34). The number of hydrogen-bond donors (Lipinski definition) is 1. The van der Waals surface area contributed by atoms with Gasteiger partial charge >= 0.3 is 0 Å². The molecule has 1 aliphatic rings. The number of amides is 1. The summed E-state index contributed by atoms with van der Waals surface area (Å²) in [6, 6.07) is 12.0. The summed E-state index contributed by atoms with van der Waals surface area (Å²) >= 11 is 0. The maximum atomic E-state index is 12.7. The van der Waals surface area contributed by atoms with Gasteiger partial charge in [-0.1, -0.05) is 29.8 Å². The van der Waals surface area contributed by atoms with Gasteiger partial charge in [0.05, 0.1) is 12.2 Å². The molecule has 4 rings (SSSR count). The van der Waals surface area contributed by atoms with Crippen molar-refractivity contribution in [3.63, 3.8) is 0 Å². The number of nitrogens with one attached hydrogen (secondary N) is 1. The number of ether oxygens (including phenoxy) is 1. The van der Waals surface area contributed by atoms with Crippen molar-refractivity contribution >= 4 is 11.7 Å². The topological polar surface area (TPSA) is 105 Å². The van der Waals surface area contributed by atoms with Gasteiger partial charge in [-0.05, 0) is 27.0 Å². The maximum Gasteiger partial charge on any atom is 0.267 e. The van der Waals surface area contributed by atoms with Crippen molar-refractivity contribution in [2.45, 2.75) is 19.9 Å². The summed E-state index contributed by atoms with van der Waals surface area (Å²) in [5.74, 6) is 0.977. The van der Waals surface area contributed by atoms with Crippen molar-refractivity contribution in [1.82, 2.24) is 30.0 Å². The monoisotopic (exact) mass is 477 g/mol. The molecule has 10 heteroatoms. The summed E-state index contributed by atoms with van der Waals surface area (Å²) < 4.78 is 6.92. The van der Waals surface area contributed by atoms with Crippen LogP contribution in [0.3, 0.4) is 0 Å². The van der Waals surface area contributed by atoms with E-state index in [2.05, 4.69) is 37.2 Å². The van der Waals surface area contributed by atoms with E-state index in [0.717, 1.165) is 43.1 Å². The minimum absolute atomic E-state index is 0.239. The number of carbonyl (C=O) groups is 1. The SMILES string of the molecule is Cc1ccc(-c2ccc(=O)n(C(C)C(=O)NCCOc3cc(N4CCN(C)CC4)ncn3)n2)cc1. The predicted molar refractivity (Wildman–Crippen MR) is 134 cm³/mol. The zero-order valence-corrected chi connectivity index (χ0v) is 20.3. The highest BCUT2D eigenvalue weighted by Crippen LogP contribution is 2.18. The first kappa shape index (κ1) is 24.3. The van der Waals surface area contributed by atoms with Gasteiger partial charge in [0.25, 0.3) is 5.56 Å². The molecule has 0 saturated carbocycles. The number of aryl methyl sites for hydroxylation is 1. The molecule has 3 heterocycles. The average Bonchev–Trinajstić information content (AvgIpc) is 2.87. The summed E-state index contributed by atoms with van der Waals surface area (Å²) in [4.78, 5) is 38.1. The van der Waals surface area contributed by atoms with Gasteiger partial charge in [-0.15, -0.1) is 0 Å². The Balaban J connectivity index is 1.31. The number of likely N-dealkylation sites (N-methyl/N-ethyl adjacent to an activating group) is 1. The van der Waals surface area contributed by atoms with Crippen molar-refractivity contribution in [2.24, 2.45) is 0 Å². The van der Waals surface area contributed by atoms with Crippen LogP contribution in [-0.2, 0) is 4.79 Å². The fraction of sp³-hybridized carbons (Fsp3) is 0.400. The van der Waals surface area contributed by atoms with E-state index in [-0.39, 0.29) is 24.6 Å². The van der Waals surface area contributed by atoms with E-state index in [1.165, 1.54) is 17.1 Å². The maximum absolute atomic E-state index is 12.7. The molecular weight excluding hydrogens is 446 g/mol. The number of nitrogens with zero attached hydrogens (tertiary/aromatic N) is 6. The second-order valence-corrected chi connectivity index (χ2v) is 8.69. The van der Waals surface area contributed by atoms with Gasteiger partial charge in [0.1, 0.15) is 24.8 Å². The molecule has 0 spiro atoms. The highest BCUT2D eigenvalue weighted by Gasteiger charge is 2.18. The van der Waals surface area contributed by atoms with E-state index in [1.807, 2.05) is 37.3 Å². The molecule has 1 saturated heterocycles. The molecule has 10 nitrogen and oxygen atoms in total. The predicted octanol–water partition coefficient (Wildman–Crippen LogP) is 1.52. The number of hydrogen-bond acceptors (Lipinski definition) is 8. The van der Waals surface area contributed by atoms with Crippen LogP contribution in [0.4, 0.5) is 5.82 Å².